The van der Waals surface area contributed by atoms with Crippen molar-refractivity contribution in [2.24, 2.45) is 0 Å². The zero-order valence-corrected chi connectivity index (χ0v) is 15.4. The van der Waals surface area contributed by atoms with Crippen LogP contribution in [0.5, 0.6) is 0 Å². The van der Waals surface area contributed by atoms with E-state index in [4.69, 9.17) is 0 Å². The van der Waals surface area contributed by atoms with Crippen molar-refractivity contribution < 1.29 is 8.42 Å². The molecule has 0 aromatic heterocycles. The van der Waals surface area contributed by atoms with Gasteiger partial charge >= 0.3 is 0 Å². The van der Waals surface area contributed by atoms with Gasteiger partial charge in [0.25, 0.3) is 0 Å². The van der Waals surface area contributed by atoms with E-state index < -0.39 is 10.0 Å². The van der Waals surface area contributed by atoms with Gasteiger partial charge in [-0.2, -0.15) is 0 Å². The average molecular weight is 377 g/mol. The van der Waals surface area contributed by atoms with Crippen LogP contribution in [-0.2, 0) is 16.6 Å². The molecule has 1 atom stereocenters. The fourth-order valence-corrected chi connectivity index (χ4v) is 4.32. The molecule has 0 amide bonds. The van der Waals surface area contributed by atoms with Gasteiger partial charge in [-0.1, -0.05) is 32.8 Å². The average Bonchev–Trinajstić information content (AvgIpc) is 2.43. The predicted octanol–water partition coefficient (Wildman–Crippen LogP) is 3.42. The number of sulfonamides is 1. The van der Waals surface area contributed by atoms with Crippen LogP contribution in [0, 0.1) is 0 Å². The summed E-state index contributed by atoms with van der Waals surface area (Å²) in [6.07, 6.45) is 2.93. The van der Waals surface area contributed by atoms with E-state index in [9.17, 15) is 8.42 Å². The highest BCUT2D eigenvalue weighted by atomic mass is 79.9. The van der Waals surface area contributed by atoms with Gasteiger partial charge in [0.15, 0.2) is 0 Å². The van der Waals surface area contributed by atoms with Gasteiger partial charge in [0.2, 0.25) is 10.0 Å². The minimum atomic E-state index is -3.49. The van der Waals surface area contributed by atoms with Crippen LogP contribution in [0.2, 0.25) is 0 Å². The number of hydrogen-bond donors (Lipinski definition) is 2. The molecule has 6 heteroatoms. The fraction of sp³-hybridized carbons (Fsp3) is 0.600. The van der Waals surface area contributed by atoms with Crippen LogP contribution in [0.15, 0.2) is 27.6 Å². The second kappa shape index (κ2) is 8.88. The normalized spacial score (nSPS) is 13.3. The van der Waals surface area contributed by atoms with E-state index in [2.05, 4.69) is 32.9 Å². The lowest BCUT2D eigenvalue weighted by Gasteiger charge is -2.15. The van der Waals surface area contributed by atoms with Crippen molar-refractivity contribution in [1.29, 1.82) is 0 Å². The summed E-state index contributed by atoms with van der Waals surface area (Å²) in [7, 11) is -3.49. The van der Waals surface area contributed by atoms with Crippen molar-refractivity contribution in [2.75, 3.05) is 6.54 Å². The largest absolute Gasteiger partial charge is 0.313 e. The summed E-state index contributed by atoms with van der Waals surface area (Å²) in [4.78, 5) is 0.307. The molecule has 0 fully saturated rings. The van der Waals surface area contributed by atoms with E-state index in [1.165, 1.54) is 0 Å². The van der Waals surface area contributed by atoms with Crippen molar-refractivity contribution in [3.05, 3.63) is 28.2 Å². The fourth-order valence-electron chi connectivity index (χ4n) is 2.03. The van der Waals surface area contributed by atoms with Crippen molar-refractivity contribution >= 4 is 26.0 Å². The predicted molar refractivity (Wildman–Crippen MR) is 90.8 cm³/mol. The van der Waals surface area contributed by atoms with E-state index in [1.807, 2.05) is 19.9 Å². The van der Waals surface area contributed by atoms with Gasteiger partial charge in [0.1, 0.15) is 0 Å². The quantitative estimate of drug-likeness (QED) is 0.693. The highest BCUT2D eigenvalue weighted by molar-refractivity contribution is 9.10. The van der Waals surface area contributed by atoms with E-state index in [0.717, 1.165) is 31.4 Å². The molecule has 0 radical (unpaired) electrons. The smallest absolute Gasteiger partial charge is 0.241 e. The lowest BCUT2D eigenvalue weighted by atomic mass is 10.2. The Morgan fingerprint density at radius 3 is 2.62 bits per heavy atom. The van der Waals surface area contributed by atoms with Crippen molar-refractivity contribution in [2.45, 2.75) is 57.5 Å². The lowest BCUT2D eigenvalue weighted by molar-refractivity contribution is 0.534. The molecule has 0 aliphatic carbocycles. The molecule has 1 unspecified atom stereocenters. The highest BCUT2D eigenvalue weighted by Crippen LogP contribution is 2.23. The molecular weight excluding hydrogens is 352 g/mol. The minimum absolute atomic E-state index is 0.0562. The molecule has 0 saturated carbocycles. The Morgan fingerprint density at radius 1 is 1.29 bits per heavy atom. The number of unbranched alkanes of at least 4 members (excludes halogenated alkanes) is 1. The van der Waals surface area contributed by atoms with Crippen LogP contribution in [-0.4, -0.2) is 21.0 Å². The molecule has 0 aliphatic rings. The van der Waals surface area contributed by atoms with Crippen LogP contribution in [0.25, 0.3) is 0 Å². The first-order valence-electron chi connectivity index (χ1n) is 7.42. The summed E-state index contributed by atoms with van der Waals surface area (Å²) in [5.41, 5.74) is 0.960. The molecule has 0 spiro atoms. The first kappa shape index (κ1) is 18.6. The molecule has 0 bridgehead atoms. The third-order valence-corrected chi connectivity index (χ3v) is 5.79. The third kappa shape index (κ3) is 6.06. The minimum Gasteiger partial charge on any atom is -0.313 e. The molecule has 21 heavy (non-hydrogen) atoms. The second-order valence-electron chi connectivity index (χ2n) is 5.21. The Balaban J connectivity index is 2.90. The summed E-state index contributed by atoms with van der Waals surface area (Å²) in [6, 6.07) is 5.38. The molecule has 2 N–H and O–H groups in total. The third-order valence-electron chi connectivity index (χ3n) is 3.21. The van der Waals surface area contributed by atoms with Crippen LogP contribution in [0.1, 0.15) is 45.6 Å². The summed E-state index contributed by atoms with van der Waals surface area (Å²) in [5.74, 6) is 0. The first-order chi connectivity index (χ1) is 9.90. The SMILES string of the molecule is CCCCC(C)NS(=O)(=O)c1cc(CNCC)ccc1Br. The zero-order valence-electron chi connectivity index (χ0n) is 12.9. The monoisotopic (exact) mass is 376 g/mol. The maximum atomic E-state index is 12.5. The van der Waals surface area contributed by atoms with Crippen LogP contribution >= 0.6 is 15.9 Å². The number of nitrogens with one attached hydrogen (secondary N) is 2. The zero-order chi connectivity index (χ0) is 15.9. The summed E-state index contributed by atoms with van der Waals surface area (Å²) < 4.78 is 28.3. The van der Waals surface area contributed by atoms with Gasteiger partial charge < -0.3 is 5.32 Å². The molecule has 0 heterocycles. The van der Waals surface area contributed by atoms with Crippen molar-refractivity contribution in [3.8, 4) is 0 Å². The second-order valence-corrected chi connectivity index (χ2v) is 7.75. The highest BCUT2D eigenvalue weighted by Gasteiger charge is 2.20. The van der Waals surface area contributed by atoms with E-state index >= 15 is 0 Å². The Bertz CT molecular complexity index is 547. The van der Waals surface area contributed by atoms with Gasteiger partial charge in [-0.15, -0.1) is 0 Å². The Labute approximate surface area is 136 Å². The molecule has 4 nitrogen and oxygen atoms in total. The van der Waals surface area contributed by atoms with Crippen LogP contribution in [0.3, 0.4) is 0 Å². The molecule has 0 saturated heterocycles. The number of hydrogen-bond acceptors (Lipinski definition) is 3. The number of rotatable bonds is 9. The van der Waals surface area contributed by atoms with Crippen LogP contribution < -0.4 is 10.0 Å². The van der Waals surface area contributed by atoms with Crippen molar-refractivity contribution in [1.82, 2.24) is 10.0 Å². The molecule has 120 valence electrons. The molecular formula is C15H25BrN2O2S. The standard InChI is InChI=1S/C15H25BrN2O2S/c1-4-6-7-12(3)18-21(19,20)15-10-13(11-17-5-2)8-9-14(15)16/h8-10,12,17-18H,4-7,11H2,1-3H3. The summed E-state index contributed by atoms with van der Waals surface area (Å²) in [5, 5.41) is 3.20. The summed E-state index contributed by atoms with van der Waals surface area (Å²) >= 11 is 3.34. The topological polar surface area (TPSA) is 58.2 Å². The molecule has 1 rings (SSSR count). The Kier molecular flexibility index (Phi) is 7.87. The first-order valence-corrected chi connectivity index (χ1v) is 9.69. The Morgan fingerprint density at radius 2 is 2.00 bits per heavy atom. The maximum absolute atomic E-state index is 12.5. The van der Waals surface area contributed by atoms with E-state index in [0.29, 0.717) is 15.9 Å². The lowest BCUT2D eigenvalue weighted by Crippen LogP contribution is -2.32. The van der Waals surface area contributed by atoms with Gasteiger partial charge in [-0.25, -0.2) is 13.1 Å². The number of halogens is 1. The summed E-state index contributed by atoms with van der Waals surface area (Å²) in [6.45, 7) is 7.54. The Hall–Kier alpha value is -0.430. The van der Waals surface area contributed by atoms with Crippen molar-refractivity contribution in [3.63, 3.8) is 0 Å². The van der Waals surface area contributed by atoms with Crippen LogP contribution in [0.4, 0.5) is 0 Å². The number of benzene rings is 1. The van der Waals surface area contributed by atoms with Gasteiger partial charge in [0.05, 0.1) is 4.90 Å². The molecule has 1 aromatic carbocycles. The molecule has 0 aliphatic heterocycles. The maximum Gasteiger partial charge on any atom is 0.241 e. The van der Waals surface area contributed by atoms with Gasteiger partial charge in [-0.05, 0) is 53.5 Å². The van der Waals surface area contributed by atoms with Gasteiger partial charge in [-0.3, -0.25) is 0 Å². The van der Waals surface area contributed by atoms with E-state index in [-0.39, 0.29) is 6.04 Å². The van der Waals surface area contributed by atoms with E-state index in [1.54, 1.807) is 12.1 Å². The molecule has 1 aromatic rings. The van der Waals surface area contributed by atoms with Gasteiger partial charge in [0, 0.05) is 17.1 Å².